The number of amides is 1. The molecule has 8 heteroatoms. The van der Waals surface area contributed by atoms with E-state index in [0.717, 1.165) is 27.9 Å². The van der Waals surface area contributed by atoms with Gasteiger partial charge in [-0.15, -0.1) is 0 Å². The maximum atomic E-state index is 13.5. The number of carbonyl (C=O) groups excluding carboxylic acids is 1. The summed E-state index contributed by atoms with van der Waals surface area (Å²) in [4.78, 5) is 17.5. The standard InChI is InChI=1S/C28H26N6O2/c1-20-10-12-24(13-11-20)34-17-26(27(32-34)21-8-5-9-25(14-21)36-2)28(35)30-15-22-6-3-4-7-23(22)16-33-19-29-18-31-33/h3-14,17-19H,15-16H2,1-2H3,(H,30,35). The van der Waals surface area contributed by atoms with Crippen LogP contribution in [0.3, 0.4) is 0 Å². The van der Waals surface area contributed by atoms with Crippen LogP contribution in [0.25, 0.3) is 16.9 Å². The van der Waals surface area contributed by atoms with Crippen LogP contribution in [-0.4, -0.2) is 37.6 Å². The molecule has 3 aromatic carbocycles. The first-order valence-corrected chi connectivity index (χ1v) is 11.6. The van der Waals surface area contributed by atoms with Gasteiger partial charge in [0.15, 0.2) is 0 Å². The van der Waals surface area contributed by atoms with Crippen molar-refractivity contribution in [3.63, 3.8) is 0 Å². The van der Waals surface area contributed by atoms with Crippen LogP contribution in [0.4, 0.5) is 0 Å². The fraction of sp³-hybridized carbons (Fsp3) is 0.143. The Labute approximate surface area is 209 Å². The first kappa shape index (κ1) is 23.0. The lowest BCUT2D eigenvalue weighted by Crippen LogP contribution is -2.24. The maximum Gasteiger partial charge on any atom is 0.255 e. The minimum Gasteiger partial charge on any atom is -0.497 e. The van der Waals surface area contributed by atoms with Gasteiger partial charge in [-0.3, -0.25) is 4.79 Å². The summed E-state index contributed by atoms with van der Waals surface area (Å²) in [5.74, 6) is 0.493. The summed E-state index contributed by atoms with van der Waals surface area (Å²) in [7, 11) is 1.62. The normalized spacial score (nSPS) is 10.8. The SMILES string of the molecule is COc1cccc(-c2nn(-c3ccc(C)cc3)cc2C(=O)NCc2ccccc2Cn2cncn2)c1. The van der Waals surface area contributed by atoms with Gasteiger partial charge in [0.1, 0.15) is 24.1 Å². The summed E-state index contributed by atoms with van der Waals surface area (Å²) >= 11 is 0. The molecule has 0 radical (unpaired) electrons. The van der Waals surface area contributed by atoms with E-state index < -0.39 is 0 Å². The number of aromatic nitrogens is 5. The second-order valence-corrected chi connectivity index (χ2v) is 8.45. The Balaban J connectivity index is 1.44. The highest BCUT2D eigenvalue weighted by molar-refractivity contribution is 6.00. The van der Waals surface area contributed by atoms with Crippen molar-refractivity contribution < 1.29 is 9.53 Å². The predicted octanol–water partition coefficient (Wildman–Crippen LogP) is 4.43. The van der Waals surface area contributed by atoms with Gasteiger partial charge in [-0.1, -0.05) is 54.1 Å². The molecule has 0 saturated heterocycles. The number of methoxy groups -OCH3 is 1. The number of ether oxygens (including phenoxy) is 1. The molecule has 0 spiro atoms. The van der Waals surface area contributed by atoms with Crippen LogP contribution in [0.15, 0.2) is 91.6 Å². The molecule has 1 amide bonds. The van der Waals surface area contributed by atoms with E-state index in [0.29, 0.717) is 30.1 Å². The largest absolute Gasteiger partial charge is 0.497 e. The third kappa shape index (κ3) is 5.02. The summed E-state index contributed by atoms with van der Waals surface area (Å²) in [6.45, 7) is 2.98. The number of nitrogens with zero attached hydrogens (tertiary/aromatic N) is 5. The van der Waals surface area contributed by atoms with Gasteiger partial charge in [0.25, 0.3) is 5.91 Å². The van der Waals surface area contributed by atoms with E-state index in [1.165, 1.54) is 6.33 Å². The first-order chi connectivity index (χ1) is 17.6. The Bertz CT molecular complexity index is 1470. The molecule has 5 rings (SSSR count). The lowest BCUT2D eigenvalue weighted by molar-refractivity contribution is 0.0951. The molecule has 0 aliphatic heterocycles. The van der Waals surface area contributed by atoms with Crippen LogP contribution in [0.5, 0.6) is 5.75 Å². The van der Waals surface area contributed by atoms with Gasteiger partial charge in [-0.2, -0.15) is 10.2 Å². The van der Waals surface area contributed by atoms with Gasteiger partial charge in [-0.05, 0) is 42.3 Å². The Hall–Kier alpha value is -4.72. The number of carbonyl (C=O) groups is 1. The monoisotopic (exact) mass is 478 g/mol. The van der Waals surface area contributed by atoms with Crippen LogP contribution < -0.4 is 10.1 Å². The lowest BCUT2D eigenvalue weighted by Gasteiger charge is -2.11. The minimum absolute atomic E-state index is 0.207. The molecule has 8 nitrogen and oxygen atoms in total. The fourth-order valence-electron chi connectivity index (χ4n) is 4.00. The molecule has 0 atom stereocenters. The molecule has 0 bridgehead atoms. The van der Waals surface area contributed by atoms with Gasteiger partial charge < -0.3 is 10.1 Å². The van der Waals surface area contributed by atoms with Gasteiger partial charge >= 0.3 is 0 Å². The molecular formula is C28H26N6O2. The van der Waals surface area contributed by atoms with Gasteiger partial charge in [0, 0.05) is 18.3 Å². The van der Waals surface area contributed by atoms with E-state index in [1.807, 2.05) is 79.7 Å². The van der Waals surface area contributed by atoms with Crippen molar-refractivity contribution in [3.05, 3.63) is 114 Å². The van der Waals surface area contributed by atoms with E-state index in [-0.39, 0.29) is 5.91 Å². The van der Waals surface area contributed by atoms with Gasteiger partial charge in [0.05, 0.1) is 24.9 Å². The van der Waals surface area contributed by atoms with Crippen molar-refractivity contribution in [1.29, 1.82) is 0 Å². The van der Waals surface area contributed by atoms with Crippen LogP contribution >= 0.6 is 0 Å². The maximum absolute atomic E-state index is 13.5. The van der Waals surface area contributed by atoms with Crippen molar-refractivity contribution >= 4 is 5.91 Å². The molecule has 2 heterocycles. The van der Waals surface area contributed by atoms with Crippen LogP contribution in [-0.2, 0) is 13.1 Å². The van der Waals surface area contributed by atoms with Crippen molar-refractivity contribution in [2.24, 2.45) is 0 Å². The summed E-state index contributed by atoms with van der Waals surface area (Å²) in [6.07, 6.45) is 4.96. The summed E-state index contributed by atoms with van der Waals surface area (Å²) in [5, 5.41) is 12.0. The highest BCUT2D eigenvalue weighted by atomic mass is 16.5. The zero-order chi connectivity index (χ0) is 24.9. The Morgan fingerprint density at radius 2 is 1.81 bits per heavy atom. The fourth-order valence-corrected chi connectivity index (χ4v) is 4.00. The smallest absolute Gasteiger partial charge is 0.255 e. The van der Waals surface area contributed by atoms with Gasteiger partial charge in [-0.25, -0.2) is 14.3 Å². The van der Waals surface area contributed by atoms with E-state index in [1.54, 1.807) is 29.0 Å². The zero-order valence-corrected chi connectivity index (χ0v) is 20.1. The number of nitrogens with one attached hydrogen (secondary N) is 1. The lowest BCUT2D eigenvalue weighted by atomic mass is 10.1. The zero-order valence-electron chi connectivity index (χ0n) is 20.1. The highest BCUT2D eigenvalue weighted by Gasteiger charge is 2.19. The van der Waals surface area contributed by atoms with Crippen LogP contribution in [0.1, 0.15) is 27.0 Å². The van der Waals surface area contributed by atoms with E-state index in [4.69, 9.17) is 9.84 Å². The molecule has 2 aromatic heterocycles. The molecule has 0 saturated carbocycles. The van der Waals surface area contributed by atoms with Crippen LogP contribution in [0, 0.1) is 6.92 Å². The second kappa shape index (κ2) is 10.3. The second-order valence-electron chi connectivity index (χ2n) is 8.45. The quantitative estimate of drug-likeness (QED) is 0.357. The molecule has 0 unspecified atom stereocenters. The van der Waals surface area contributed by atoms with Crippen molar-refractivity contribution in [1.82, 2.24) is 29.9 Å². The average Bonchev–Trinajstić information content (AvgIpc) is 3.59. The molecule has 36 heavy (non-hydrogen) atoms. The number of benzene rings is 3. The summed E-state index contributed by atoms with van der Waals surface area (Å²) < 4.78 is 8.89. The number of hydrogen-bond donors (Lipinski definition) is 1. The summed E-state index contributed by atoms with van der Waals surface area (Å²) in [5.41, 5.74) is 5.97. The molecule has 0 aliphatic carbocycles. The van der Waals surface area contributed by atoms with E-state index in [9.17, 15) is 4.79 Å². The average molecular weight is 479 g/mol. The molecule has 1 N–H and O–H groups in total. The Morgan fingerprint density at radius 1 is 1.00 bits per heavy atom. The van der Waals surface area contributed by atoms with Gasteiger partial charge in [0.2, 0.25) is 0 Å². The molecule has 180 valence electrons. The molecule has 0 aliphatic rings. The number of aryl methyl sites for hydroxylation is 1. The van der Waals surface area contributed by atoms with E-state index in [2.05, 4.69) is 15.4 Å². The predicted molar refractivity (Wildman–Crippen MR) is 137 cm³/mol. The Kier molecular flexibility index (Phi) is 6.57. The Morgan fingerprint density at radius 3 is 2.56 bits per heavy atom. The minimum atomic E-state index is -0.207. The number of rotatable bonds is 8. The topological polar surface area (TPSA) is 86.9 Å². The molecule has 5 aromatic rings. The first-order valence-electron chi connectivity index (χ1n) is 11.6. The highest BCUT2D eigenvalue weighted by Crippen LogP contribution is 2.27. The third-order valence-corrected chi connectivity index (χ3v) is 5.96. The summed E-state index contributed by atoms with van der Waals surface area (Å²) in [6, 6.07) is 23.6. The number of hydrogen-bond acceptors (Lipinski definition) is 5. The van der Waals surface area contributed by atoms with Crippen molar-refractivity contribution in [2.75, 3.05) is 7.11 Å². The van der Waals surface area contributed by atoms with Crippen molar-refractivity contribution in [2.45, 2.75) is 20.0 Å². The van der Waals surface area contributed by atoms with E-state index >= 15 is 0 Å². The van der Waals surface area contributed by atoms with Crippen LogP contribution in [0.2, 0.25) is 0 Å². The molecule has 0 fully saturated rings. The third-order valence-electron chi connectivity index (χ3n) is 5.96. The molecular weight excluding hydrogens is 452 g/mol. The van der Waals surface area contributed by atoms with Crippen molar-refractivity contribution in [3.8, 4) is 22.7 Å².